The number of carbonyl (C=O) groups excluding carboxylic acids is 2. The monoisotopic (exact) mass is 373 g/mol. The highest BCUT2D eigenvalue weighted by Gasteiger charge is 2.47. The van der Waals surface area contributed by atoms with Gasteiger partial charge in [-0.05, 0) is 39.0 Å². The number of hydrogen-bond donors (Lipinski definition) is 0. The second-order valence-electron chi connectivity index (χ2n) is 7.95. The third-order valence-corrected chi connectivity index (χ3v) is 5.80. The van der Waals surface area contributed by atoms with Gasteiger partial charge in [-0.25, -0.2) is 14.8 Å². The second kappa shape index (κ2) is 6.98. The maximum atomic E-state index is 13.1. The zero-order chi connectivity index (χ0) is 19.0. The predicted octanol–water partition coefficient (Wildman–Crippen LogP) is 1.83. The molecule has 8 nitrogen and oxygen atoms in total. The van der Waals surface area contributed by atoms with Crippen molar-refractivity contribution in [2.24, 2.45) is 0 Å². The summed E-state index contributed by atoms with van der Waals surface area (Å²) in [5.74, 6) is 0.632. The fraction of sp³-hybridized carbons (Fsp3) is 0.684. The number of amides is 2. The van der Waals surface area contributed by atoms with Crippen LogP contribution in [0.3, 0.4) is 0 Å². The third-order valence-electron chi connectivity index (χ3n) is 5.80. The van der Waals surface area contributed by atoms with Crippen LogP contribution in [-0.2, 0) is 4.74 Å². The molecule has 0 unspecified atom stereocenters. The summed E-state index contributed by atoms with van der Waals surface area (Å²) in [6.07, 6.45) is 6.52. The van der Waals surface area contributed by atoms with Crippen LogP contribution in [0.25, 0.3) is 0 Å². The highest BCUT2D eigenvalue weighted by Crippen LogP contribution is 2.32. The first-order valence-electron chi connectivity index (χ1n) is 9.79. The summed E-state index contributed by atoms with van der Waals surface area (Å²) in [4.78, 5) is 39.5. The van der Waals surface area contributed by atoms with Crippen LogP contribution >= 0.6 is 0 Å². The van der Waals surface area contributed by atoms with Crippen LogP contribution in [0.15, 0.2) is 6.20 Å². The number of aryl methyl sites for hydroxylation is 1. The Labute approximate surface area is 159 Å². The number of piperidine rings is 2. The van der Waals surface area contributed by atoms with Crippen LogP contribution in [-0.4, -0.2) is 77.1 Å². The van der Waals surface area contributed by atoms with Gasteiger partial charge in [0.1, 0.15) is 5.60 Å². The maximum absolute atomic E-state index is 13.1. The van der Waals surface area contributed by atoms with Crippen LogP contribution < -0.4 is 4.90 Å². The lowest BCUT2D eigenvalue weighted by Crippen LogP contribution is -2.52. The molecule has 0 aliphatic carbocycles. The Kier molecular flexibility index (Phi) is 4.65. The van der Waals surface area contributed by atoms with Crippen molar-refractivity contribution in [2.45, 2.75) is 44.6 Å². The molecule has 1 atom stereocenters. The largest absolute Gasteiger partial charge is 0.439 e. The Morgan fingerprint density at radius 2 is 1.93 bits per heavy atom. The van der Waals surface area contributed by atoms with Crippen LogP contribution in [0, 0.1) is 6.92 Å². The molecule has 8 heteroatoms. The van der Waals surface area contributed by atoms with Gasteiger partial charge in [-0.15, -0.1) is 0 Å². The number of likely N-dealkylation sites (tertiary alicyclic amines) is 1. The molecule has 1 aromatic rings. The van der Waals surface area contributed by atoms with Gasteiger partial charge in [-0.3, -0.25) is 4.79 Å². The lowest BCUT2D eigenvalue weighted by atomic mass is 9.92. The van der Waals surface area contributed by atoms with Crippen molar-refractivity contribution in [1.82, 2.24) is 19.8 Å². The molecular weight excluding hydrogens is 346 g/mol. The molecule has 3 saturated heterocycles. The molecule has 0 saturated carbocycles. The van der Waals surface area contributed by atoms with Gasteiger partial charge in [0.15, 0.2) is 0 Å². The Morgan fingerprint density at radius 3 is 2.59 bits per heavy atom. The topological polar surface area (TPSA) is 78.9 Å². The molecule has 0 bridgehead atoms. The summed E-state index contributed by atoms with van der Waals surface area (Å²) < 4.78 is 5.60. The van der Waals surface area contributed by atoms with E-state index < -0.39 is 5.60 Å². The van der Waals surface area contributed by atoms with E-state index in [1.807, 2.05) is 6.92 Å². The molecule has 3 fully saturated rings. The van der Waals surface area contributed by atoms with E-state index in [1.54, 1.807) is 23.0 Å². The molecule has 27 heavy (non-hydrogen) atoms. The molecule has 1 aromatic heterocycles. The Bertz CT molecular complexity index is 749. The Hall–Kier alpha value is -2.38. The predicted molar refractivity (Wildman–Crippen MR) is 99.8 cm³/mol. The van der Waals surface area contributed by atoms with E-state index in [0.29, 0.717) is 36.8 Å². The van der Waals surface area contributed by atoms with Crippen LogP contribution in [0.5, 0.6) is 0 Å². The molecule has 3 aliphatic heterocycles. The zero-order valence-corrected chi connectivity index (χ0v) is 16.1. The number of aromatic nitrogens is 2. The van der Waals surface area contributed by atoms with Gasteiger partial charge in [-0.2, -0.15) is 0 Å². The molecule has 1 spiro atoms. The summed E-state index contributed by atoms with van der Waals surface area (Å²) >= 11 is 0. The van der Waals surface area contributed by atoms with Crippen molar-refractivity contribution in [2.75, 3.05) is 44.7 Å². The summed E-state index contributed by atoms with van der Waals surface area (Å²) in [5, 5.41) is 0. The molecule has 4 rings (SSSR count). The van der Waals surface area contributed by atoms with Gasteiger partial charge in [0.25, 0.3) is 5.91 Å². The molecule has 2 amide bonds. The normalized spacial score (nSPS) is 25.9. The lowest BCUT2D eigenvalue weighted by Gasteiger charge is -2.38. The van der Waals surface area contributed by atoms with Gasteiger partial charge in [0.2, 0.25) is 5.95 Å². The highest BCUT2D eigenvalue weighted by atomic mass is 16.6. The van der Waals surface area contributed by atoms with Gasteiger partial charge < -0.3 is 19.4 Å². The average Bonchev–Trinajstić information content (AvgIpc) is 2.94. The smallest absolute Gasteiger partial charge is 0.410 e. The fourth-order valence-electron chi connectivity index (χ4n) is 4.36. The highest BCUT2D eigenvalue weighted by molar-refractivity contribution is 5.95. The van der Waals surface area contributed by atoms with Crippen molar-refractivity contribution in [3.05, 3.63) is 17.5 Å². The SMILES string of the molecule is Cc1nc(N2CCCCC2)ncc1C(=O)N1CCC[C@@]2(CN(C)C(=O)O2)C1. The van der Waals surface area contributed by atoms with E-state index in [2.05, 4.69) is 14.9 Å². The summed E-state index contributed by atoms with van der Waals surface area (Å²) in [7, 11) is 1.73. The molecule has 4 heterocycles. The van der Waals surface area contributed by atoms with E-state index in [4.69, 9.17) is 4.74 Å². The molecule has 0 radical (unpaired) electrons. The number of anilines is 1. The Balaban J connectivity index is 1.49. The number of nitrogens with zero attached hydrogens (tertiary/aromatic N) is 5. The van der Waals surface area contributed by atoms with E-state index in [9.17, 15) is 9.59 Å². The van der Waals surface area contributed by atoms with Crippen molar-refractivity contribution >= 4 is 17.9 Å². The average molecular weight is 373 g/mol. The Morgan fingerprint density at radius 1 is 1.15 bits per heavy atom. The van der Waals surface area contributed by atoms with Gasteiger partial charge in [0.05, 0.1) is 24.3 Å². The second-order valence-corrected chi connectivity index (χ2v) is 7.95. The quantitative estimate of drug-likeness (QED) is 0.787. The number of ether oxygens (including phenoxy) is 1. The first-order chi connectivity index (χ1) is 13.0. The first kappa shape index (κ1) is 18.0. The van der Waals surface area contributed by atoms with Crippen molar-refractivity contribution in [3.63, 3.8) is 0 Å². The molecular formula is C19H27N5O3. The molecule has 3 aliphatic rings. The number of carbonyl (C=O) groups is 2. The van der Waals surface area contributed by atoms with E-state index in [1.165, 1.54) is 6.42 Å². The number of rotatable bonds is 2. The van der Waals surface area contributed by atoms with Crippen LogP contribution in [0.4, 0.5) is 10.7 Å². The van der Waals surface area contributed by atoms with Gasteiger partial charge in [-0.1, -0.05) is 0 Å². The van der Waals surface area contributed by atoms with Crippen LogP contribution in [0.1, 0.15) is 48.2 Å². The van der Waals surface area contributed by atoms with E-state index in [0.717, 1.165) is 38.8 Å². The lowest BCUT2D eigenvalue weighted by molar-refractivity contribution is -0.00527. The summed E-state index contributed by atoms with van der Waals surface area (Å²) in [6, 6.07) is 0. The molecule has 146 valence electrons. The van der Waals surface area contributed by atoms with E-state index in [-0.39, 0.29) is 12.0 Å². The fourth-order valence-corrected chi connectivity index (χ4v) is 4.36. The minimum Gasteiger partial charge on any atom is -0.439 e. The van der Waals surface area contributed by atoms with Gasteiger partial charge >= 0.3 is 6.09 Å². The van der Waals surface area contributed by atoms with E-state index >= 15 is 0 Å². The number of likely N-dealkylation sites (N-methyl/N-ethyl adjacent to an activating group) is 1. The maximum Gasteiger partial charge on any atom is 0.410 e. The molecule has 0 N–H and O–H groups in total. The first-order valence-corrected chi connectivity index (χ1v) is 9.79. The zero-order valence-electron chi connectivity index (χ0n) is 16.1. The minimum absolute atomic E-state index is 0.0811. The number of hydrogen-bond acceptors (Lipinski definition) is 6. The van der Waals surface area contributed by atoms with Gasteiger partial charge in [0, 0.05) is 32.9 Å². The standard InChI is InChI=1S/C19H27N5O3/c1-14-15(11-20-17(21-14)23-8-4-3-5-9-23)16(25)24-10-6-7-19(13-24)12-22(2)18(26)27-19/h11H,3-10,12-13H2,1-2H3/t19-/m1/s1. The third kappa shape index (κ3) is 3.44. The van der Waals surface area contributed by atoms with Crippen LogP contribution in [0.2, 0.25) is 0 Å². The molecule has 0 aromatic carbocycles. The van der Waals surface area contributed by atoms with Crippen molar-refractivity contribution in [3.8, 4) is 0 Å². The summed E-state index contributed by atoms with van der Waals surface area (Å²) in [5.41, 5.74) is 0.656. The summed E-state index contributed by atoms with van der Waals surface area (Å²) in [6.45, 7) is 5.43. The van der Waals surface area contributed by atoms with Crippen molar-refractivity contribution < 1.29 is 14.3 Å². The minimum atomic E-state index is -0.581. The van der Waals surface area contributed by atoms with Crippen molar-refractivity contribution in [1.29, 1.82) is 0 Å².